The van der Waals surface area contributed by atoms with Gasteiger partial charge in [0, 0.05) is 24.6 Å². The van der Waals surface area contributed by atoms with Gasteiger partial charge in [-0.05, 0) is 63.0 Å². The Kier molecular flexibility index (Phi) is 5.10. The Bertz CT molecular complexity index is 809. The molecule has 0 aromatic heterocycles. The molecule has 1 aromatic rings. The summed E-state index contributed by atoms with van der Waals surface area (Å²) in [5.74, 6) is -0.0595. The third-order valence-electron chi connectivity index (χ3n) is 6.18. The van der Waals surface area contributed by atoms with E-state index in [1.807, 2.05) is 12.1 Å². The van der Waals surface area contributed by atoms with Crippen LogP contribution in [0.25, 0.3) is 0 Å². The van der Waals surface area contributed by atoms with Gasteiger partial charge in [-0.25, -0.2) is 0 Å². The van der Waals surface area contributed by atoms with Crippen LogP contribution in [0.3, 0.4) is 0 Å². The summed E-state index contributed by atoms with van der Waals surface area (Å²) in [7, 11) is 0. The molecule has 3 aliphatic heterocycles. The molecule has 2 unspecified atom stereocenters. The van der Waals surface area contributed by atoms with Crippen molar-refractivity contribution in [2.45, 2.75) is 64.3 Å². The summed E-state index contributed by atoms with van der Waals surface area (Å²) in [6.07, 6.45) is 3.05. The van der Waals surface area contributed by atoms with Gasteiger partial charge < -0.3 is 9.64 Å². The van der Waals surface area contributed by atoms with Gasteiger partial charge in [0.05, 0.1) is 0 Å². The van der Waals surface area contributed by atoms with Crippen LogP contribution >= 0.6 is 0 Å². The fraction of sp³-hybridized carbons (Fsp3) is 0.571. The van der Waals surface area contributed by atoms with Gasteiger partial charge in [-0.3, -0.25) is 24.6 Å². The van der Waals surface area contributed by atoms with Crippen molar-refractivity contribution in [1.29, 1.82) is 0 Å². The third-order valence-corrected chi connectivity index (χ3v) is 6.18. The maximum atomic E-state index is 12.8. The summed E-state index contributed by atoms with van der Waals surface area (Å²) in [5, 5.41) is 2.33. The molecule has 0 bridgehead atoms. The third kappa shape index (κ3) is 3.39. The predicted molar refractivity (Wildman–Crippen MR) is 103 cm³/mol. The second-order valence-corrected chi connectivity index (χ2v) is 7.88. The molecule has 1 aromatic carbocycles. The molecule has 7 nitrogen and oxygen atoms in total. The number of imide groups is 1. The molecular formula is C21H27N3O4. The van der Waals surface area contributed by atoms with Gasteiger partial charge in [-0.2, -0.15) is 0 Å². The first-order valence-electron chi connectivity index (χ1n) is 10.2. The highest BCUT2D eigenvalue weighted by atomic mass is 16.5. The lowest BCUT2D eigenvalue weighted by Gasteiger charge is -2.29. The molecule has 3 heterocycles. The quantitative estimate of drug-likeness (QED) is 0.781. The van der Waals surface area contributed by atoms with E-state index in [4.69, 9.17) is 4.74 Å². The summed E-state index contributed by atoms with van der Waals surface area (Å²) < 4.78 is 6.21. The number of carbonyl (C=O) groups excluding carboxylic acids is 3. The Labute approximate surface area is 165 Å². The Morgan fingerprint density at radius 3 is 2.82 bits per heavy atom. The Hall–Kier alpha value is -2.41. The molecule has 150 valence electrons. The van der Waals surface area contributed by atoms with Crippen molar-refractivity contribution in [1.82, 2.24) is 15.1 Å². The van der Waals surface area contributed by atoms with Crippen molar-refractivity contribution in [3.63, 3.8) is 0 Å². The van der Waals surface area contributed by atoms with Crippen LogP contribution < -0.4 is 10.1 Å². The molecule has 2 saturated heterocycles. The molecule has 3 aliphatic rings. The number of carbonyl (C=O) groups is 3. The Morgan fingerprint density at radius 1 is 1.25 bits per heavy atom. The number of hydrogen-bond donors (Lipinski definition) is 1. The van der Waals surface area contributed by atoms with E-state index >= 15 is 0 Å². The summed E-state index contributed by atoms with van der Waals surface area (Å²) >= 11 is 0. The van der Waals surface area contributed by atoms with Gasteiger partial charge in [0.1, 0.15) is 17.9 Å². The van der Waals surface area contributed by atoms with E-state index in [0.717, 1.165) is 30.8 Å². The minimum absolute atomic E-state index is 0.0730. The summed E-state index contributed by atoms with van der Waals surface area (Å²) in [6, 6.07) is 5.38. The zero-order chi connectivity index (χ0) is 19.8. The average molecular weight is 385 g/mol. The largest absolute Gasteiger partial charge is 0.489 e. The highest BCUT2D eigenvalue weighted by Gasteiger charge is 2.39. The lowest BCUT2D eigenvalue weighted by Crippen LogP contribution is -2.52. The van der Waals surface area contributed by atoms with E-state index in [9.17, 15) is 14.4 Å². The van der Waals surface area contributed by atoms with E-state index in [1.165, 1.54) is 6.42 Å². The second-order valence-electron chi connectivity index (χ2n) is 7.88. The van der Waals surface area contributed by atoms with E-state index in [1.54, 1.807) is 11.0 Å². The van der Waals surface area contributed by atoms with Gasteiger partial charge in [0.15, 0.2) is 0 Å². The first-order chi connectivity index (χ1) is 13.5. The predicted octanol–water partition coefficient (Wildman–Crippen LogP) is 1.70. The number of amides is 3. The Morgan fingerprint density at radius 2 is 2.07 bits per heavy atom. The van der Waals surface area contributed by atoms with Gasteiger partial charge in [0.25, 0.3) is 5.91 Å². The monoisotopic (exact) mass is 385 g/mol. The molecular weight excluding hydrogens is 358 g/mol. The van der Waals surface area contributed by atoms with Crippen LogP contribution in [0, 0.1) is 0 Å². The van der Waals surface area contributed by atoms with Crippen LogP contribution in [0.2, 0.25) is 0 Å². The molecule has 7 heteroatoms. The number of benzene rings is 1. The van der Waals surface area contributed by atoms with Crippen molar-refractivity contribution in [2.75, 3.05) is 13.1 Å². The lowest BCUT2D eigenvalue weighted by atomic mass is 10.0. The van der Waals surface area contributed by atoms with Crippen LogP contribution in [-0.4, -0.2) is 58.8 Å². The number of piperidine rings is 1. The highest BCUT2D eigenvalue weighted by molar-refractivity contribution is 6.05. The number of nitrogens with one attached hydrogen (secondary N) is 1. The van der Waals surface area contributed by atoms with Crippen molar-refractivity contribution >= 4 is 17.7 Å². The van der Waals surface area contributed by atoms with Crippen LogP contribution in [0.4, 0.5) is 0 Å². The lowest BCUT2D eigenvalue weighted by molar-refractivity contribution is -0.136. The zero-order valence-corrected chi connectivity index (χ0v) is 16.4. The molecule has 0 saturated carbocycles. The number of likely N-dealkylation sites (N-methyl/N-ethyl adjacent to an activating group) is 1. The molecule has 2 fully saturated rings. The van der Waals surface area contributed by atoms with Crippen LogP contribution in [-0.2, 0) is 16.1 Å². The van der Waals surface area contributed by atoms with Gasteiger partial charge in [0.2, 0.25) is 11.8 Å². The molecule has 1 N–H and O–H groups in total. The molecule has 3 amide bonds. The fourth-order valence-electron chi connectivity index (χ4n) is 4.69. The Balaban J connectivity index is 1.46. The number of ether oxygens (including phenoxy) is 1. The number of nitrogens with zero attached hydrogens (tertiary/aromatic N) is 2. The van der Waals surface area contributed by atoms with Gasteiger partial charge >= 0.3 is 0 Å². The number of likely N-dealkylation sites (tertiary alicyclic amines) is 1. The van der Waals surface area contributed by atoms with Gasteiger partial charge in [-0.15, -0.1) is 0 Å². The molecule has 3 atom stereocenters. The molecule has 0 spiro atoms. The second kappa shape index (κ2) is 7.54. The summed E-state index contributed by atoms with van der Waals surface area (Å²) in [5.41, 5.74) is 1.49. The molecule has 28 heavy (non-hydrogen) atoms. The van der Waals surface area contributed by atoms with Crippen molar-refractivity contribution in [3.8, 4) is 5.75 Å². The summed E-state index contributed by atoms with van der Waals surface area (Å²) in [6.45, 7) is 6.80. The zero-order valence-electron chi connectivity index (χ0n) is 16.4. The van der Waals surface area contributed by atoms with Crippen molar-refractivity contribution in [3.05, 3.63) is 29.3 Å². The van der Waals surface area contributed by atoms with Gasteiger partial charge in [-0.1, -0.05) is 6.92 Å². The van der Waals surface area contributed by atoms with Crippen LogP contribution in [0.1, 0.15) is 55.5 Å². The molecule has 0 aliphatic carbocycles. The first kappa shape index (κ1) is 18.9. The van der Waals surface area contributed by atoms with E-state index in [-0.39, 0.29) is 30.2 Å². The van der Waals surface area contributed by atoms with E-state index < -0.39 is 6.04 Å². The minimum atomic E-state index is -0.586. The van der Waals surface area contributed by atoms with Crippen molar-refractivity contribution in [2.24, 2.45) is 0 Å². The van der Waals surface area contributed by atoms with Crippen molar-refractivity contribution < 1.29 is 19.1 Å². The highest BCUT2D eigenvalue weighted by Crippen LogP contribution is 2.31. The number of hydrogen-bond acceptors (Lipinski definition) is 5. The normalized spacial score (nSPS) is 26.4. The smallest absolute Gasteiger partial charge is 0.255 e. The number of rotatable bonds is 5. The molecule has 0 radical (unpaired) electrons. The average Bonchev–Trinajstić information content (AvgIpc) is 3.26. The topological polar surface area (TPSA) is 79.0 Å². The molecule has 4 rings (SSSR count). The van der Waals surface area contributed by atoms with Crippen LogP contribution in [0.15, 0.2) is 18.2 Å². The standard InChI is InChI=1S/C21H27N3O4/c1-3-23-10-4-5-17(23)13(2)28-15-6-7-16-14(11-15)12-24(21(16)27)18-8-9-19(25)22-20(18)26/h6-7,11,13,17-18H,3-5,8-10,12H2,1-2H3,(H,22,25,26)/t13-,17?,18?/m0/s1. The fourth-order valence-corrected chi connectivity index (χ4v) is 4.69. The number of fused-ring (bicyclic) bond motifs is 1. The first-order valence-corrected chi connectivity index (χ1v) is 10.2. The van der Waals surface area contributed by atoms with E-state index in [2.05, 4.69) is 24.1 Å². The summed E-state index contributed by atoms with van der Waals surface area (Å²) in [4.78, 5) is 40.3. The van der Waals surface area contributed by atoms with Crippen LogP contribution in [0.5, 0.6) is 5.75 Å². The SMILES string of the molecule is CCN1CCCC1[C@H](C)Oc1ccc2c(c1)CN(C1CCC(=O)NC1=O)C2=O. The van der Waals surface area contributed by atoms with E-state index in [0.29, 0.717) is 24.6 Å². The maximum absolute atomic E-state index is 12.8. The maximum Gasteiger partial charge on any atom is 0.255 e. The minimum Gasteiger partial charge on any atom is -0.489 e.